The summed E-state index contributed by atoms with van der Waals surface area (Å²) in [5, 5.41) is 0. The standard InChI is InChI=1S/C15H15N/c1-16-12-11-13-7-9-15(10-8-13)14-5-3-2-4-6-14/h2-10,12H,11H2,1H3/b16-12+. The quantitative estimate of drug-likeness (QED) is 0.685. The van der Waals surface area contributed by atoms with Gasteiger partial charge in [0.05, 0.1) is 0 Å². The monoisotopic (exact) mass is 209 g/mol. The molecular weight excluding hydrogens is 194 g/mol. The van der Waals surface area contributed by atoms with Crippen LogP contribution in [0.5, 0.6) is 0 Å². The predicted octanol–water partition coefficient (Wildman–Crippen LogP) is 3.60. The molecule has 0 aliphatic heterocycles. The van der Waals surface area contributed by atoms with Crippen molar-refractivity contribution in [2.24, 2.45) is 4.99 Å². The molecular formula is C15H15N. The fraction of sp³-hybridized carbons (Fsp3) is 0.133. The van der Waals surface area contributed by atoms with Gasteiger partial charge in [-0.1, -0.05) is 54.6 Å². The van der Waals surface area contributed by atoms with Crippen molar-refractivity contribution >= 4 is 6.21 Å². The summed E-state index contributed by atoms with van der Waals surface area (Å²) in [7, 11) is 1.80. The molecule has 0 aliphatic rings. The molecule has 0 radical (unpaired) electrons. The molecule has 2 aromatic carbocycles. The van der Waals surface area contributed by atoms with E-state index in [4.69, 9.17) is 0 Å². The molecule has 16 heavy (non-hydrogen) atoms. The molecule has 0 unspecified atom stereocenters. The minimum atomic E-state index is 0.908. The number of hydrogen-bond donors (Lipinski definition) is 0. The van der Waals surface area contributed by atoms with E-state index in [0.717, 1.165) is 6.42 Å². The first-order chi connectivity index (χ1) is 7.90. The van der Waals surface area contributed by atoms with E-state index in [1.807, 2.05) is 12.3 Å². The topological polar surface area (TPSA) is 12.4 Å². The van der Waals surface area contributed by atoms with Gasteiger partial charge in [0, 0.05) is 19.7 Å². The van der Waals surface area contributed by atoms with E-state index in [2.05, 4.69) is 53.5 Å². The molecule has 0 N–H and O–H groups in total. The van der Waals surface area contributed by atoms with Crippen molar-refractivity contribution in [2.75, 3.05) is 7.05 Å². The molecule has 0 saturated heterocycles. The third-order valence-electron chi connectivity index (χ3n) is 2.57. The van der Waals surface area contributed by atoms with Gasteiger partial charge in [-0.15, -0.1) is 0 Å². The fourth-order valence-corrected chi connectivity index (χ4v) is 1.66. The van der Waals surface area contributed by atoms with Gasteiger partial charge in [0.2, 0.25) is 0 Å². The first-order valence-electron chi connectivity index (χ1n) is 5.45. The summed E-state index contributed by atoms with van der Waals surface area (Å²) in [6, 6.07) is 19.1. The highest BCUT2D eigenvalue weighted by Crippen LogP contribution is 2.19. The van der Waals surface area contributed by atoms with Crippen LogP contribution in [0, 0.1) is 0 Å². The maximum atomic E-state index is 3.99. The molecule has 0 aliphatic carbocycles. The molecule has 0 amide bonds. The molecule has 0 spiro atoms. The fourth-order valence-electron chi connectivity index (χ4n) is 1.66. The van der Waals surface area contributed by atoms with Crippen LogP contribution in [0.2, 0.25) is 0 Å². The number of hydrogen-bond acceptors (Lipinski definition) is 1. The summed E-state index contributed by atoms with van der Waals surface area (Å²) in [4.78, 5) is 3.99. The van der Waals surface area contributed by atoms with E-state index in [1.54, 1.807) is 7.05 Å². The van der Waals surface area contributed by atoms with E-state index in [9.17, 15) is 0 Å². The van der Waals surface area contributed by atoms with Gasteiger partial charge in [0.15, 0.2) is 0 Å². The lowest BCUT2D eigenvalue weighted by Gasteiger charge is -2.02. The van der Waals surface area contributed by atoms with Crippen molar-refractivity contribution in [1.29, 1.82) is 0 Å². The number of benzene rings is 2. The van der Waals surface area contributed by atoms with Crippen molar-refractivity contribution in [2.45, 2.75) is 6.42 Å². The Balaban J connectivity index is 2.20. The van der Waals surface area contributed by atoms with E-state index < -0.39 is 0 Å². The number of aliphatic imine (C=N–C) groups is 1. The second kappa shape index (κ2) is 5.26. The summed E-state index contributed by atoms with van der Waals surface area (Å²) in [5.74, 6) is 0. The van der Waals surface area contributed by atoms with Crippen LogP contribution in [-0.2, 0) is 6.42 Å². The Labute approximate surface area is 96.5 Å². The highest BCUT2D eigenvalue weighted by Gasteiger charge is 1.96. The first-order valence-corrected chi connectivity index (χ1v) is 5.45. The number of rotatable bonds is 3. The van der Waals surface area contributed by atoms with Crippen LogP contribution in [-0.4, -0.2) is 13.3 Å². The van der Waals surface area contributed by atoms with Gasteiger partial charge < -0.3 is 4.99 Å². The van der Waals surface area contributed by atoms with Crippen LogP contribution in [0.15, 0.2) is 59.6 Å². The van der Waals surface area contributed by atoms with Gasteiger partial charge in [0.1, 0.15) is 0 Å². The van der Waals surface area contributed by atoms with Crippen molar-refractivity contribution in [1.82, 2.24) is 0 Å². The minimum absolute atomic E-state index is 0.908. The molecule has 0 saturated carbocycles. The van der Waals surface area contributed by atoms with E-state index in [1.165, 1.54) is 16.7 Å². The van der Waals surface area contributed by atoms with Gasteiger partial charge in [-0.25, -0.2) is 0 Å². The van der Waals surface area contributed by atoms with Crippen LogP contribution < -0.4 is 0 Å². The highest BCUT2D eigenvalue weighted by molar-refractivity contribution is 5.65. The lowest BCUT2D eigenvalue weighted by Crippen LogP contribution is -1.86. The Hall–Kier alpha value is -1.89. The zero-order chi connectivity index (χ0) is 11.2. The lowest BCUT2D eigenvalue weighted by molar-refractivity contribution is 1.32. The normalized spacial score (nSPS) is 10.8. The molecule has 0 bridgehead atoms. The zero-order valence-electron chi connectivity index (χ0n) is 9.43. The Morgan fingerprint density at radius 3 is 2.12 bits per heavy atom. The van der Waals surface area contributed by atoms with Gasteiger partial charge in [-0.2, -0.15) is 0 Å². The van der Waals surface area contributed by atoms with E-state index in [0.29, 0.717) is 0 Å². The maximum Gasteiger partial charge on any atom is 0.0273 e. The third-order valence-corrected chi connectivity index (χ3v) is 2.57. The molecule has 1 heteroatoms. The molecule has 0 fully saturated rings. The molecule has 0 heterocycles. The van der Waals surface area contributed by atoms with Crippen molar-refractivity contribution in [3.8, 4) is 11.1 Å². The zero-order valence-corrected chi connectivity index (χ0v) is 9.43. The third kappa shape index (κ3) is 2.57. The SMILES string of the molecule is C/N=C/Cc1ccc(-c2ccccc2)cc1. The van der Waals surface area contributed by atoms with Crippen LogP contribution >= 0.6 is 0 Å². The Kier molecular flexibility index (Phi) is 3.50. The van der Waals surface area contributed by atoms with E-state index >= 15 is 0 Å². The van der Waals surface area contributed by atoms with Gasteiger partial charge in [0.25, 0.3) is 0 Å². The van der Waals surface area contributed by atoms with Crippen LogP contribution in [0.3, 0.4) is 0 Å². The van der Waals surface area contributed by atoms with Crippen molar-refractivity contribution < 1.29 is 0 Å². The van der Waals surface area contributed by atoms with Crippen LogP contribution in [0.1, 0.15) is 5.56 Å². The summed E-state index contributed by atoms with van der Waals surface area (Å²) in [5.41, 5.74) is 3.82. The number of nitrogens with zero attached hydrogens (tertiary/aromatic N) is 1. The second-order valence-electron chi connectivity index (χ2n) is 3.71. The Morgan fingerprint density at radius 2 is 1.50 bits per heavy atom. The average molecular weight is 209 g/mol. The van der Waals surface area contributed by atoms with Gasteiger partial charge in [-0.3, -0.25) is 0 Å². The first kappa shape index (κ1) is 10.6. The maximum absolute atomic E-state index is 3.99. The Bertz CT molecular complexity index is 455. The average Bonchev–Trinajstić information content (AvgIpc) is 2.38. The predicted molar refractivity (Wildman–Crippen MR) is 70.0 cm³/mol. The second-order valence-corrected chi connectivity index (χ2v) is 3.71. The molecule has 1 nitrogen and oxygen atoms in total. The molecule has 2 aromatic rings. The lowest BCUT2D eigenvalue weighted by atomic mass is 10.0. The molecule has 2 rings (SSSR count). The highest BCUT2D eigenvalue weighted by atomic mass is 14.6. The largest absolute Gasteiger partial charge is 0.301 e. The summed E-state index contributed by atoms with van der Waals surface area (Å²) < 4.78 is 0. The van der Waals surface area contributed by atoms with Crippen LogP contribution in [0.25, 0.3) is 11.1 Å². The van der Waals surface area contributed by atoms with Gasteiger partial charge >= 0.3 is 0 Å². The van der Waals surface area contributed by atoms with Crippen LogP contribution in [0.4, 0.5) is 0 Å². The smallest absolute Gasteiger partial charge is 0.0273 e. The van der Waals surface area contributed by atoms with Crippen molar-refractivity contribution in [3.63, 3.8) is 0 Å². The van der Waals surface area contributed by atoms with Crippen molar-refractivity contribution in [3.05, 3.63) is 60.2 Å². The summed E-state index contributed by atoms with van der Waals surface area (Å²) >= 11 is 0. The molecule has 80 valence electrons. The minimum Gasteiger partial charge on any atom is -0.301 e. The Morgan fingerprint density at radius 1 is 0.875 bits per heavy atom. The summed E-state index contributed by atoms with van der Waals surface area (Å²) in [6.45, 7) is 0. The molecule has 0 aromatic heterocycles. The van der Waals surface area contributed by atoms with Gasteiger partial charge in [-0.05, 0) is 16.7 Å². The molecule has 0 atom stereocenters. The van der Waals surface area contributed by atoms with E-state index in [-0.39, 0.29) is 0 Å². The summed E-state index contributed by atoms with van der Waals surface area (Å²) in [6.07, 6.45) is 2.84.